The van der Waals surface area contributed by atoms with Gasteiger partial charge in [0.2, 0.25) is 11.8 Å². The first-order chi connectivity index (χ1) is 11.3. The summed E-state index contributed by atoms with van der Waals surface area (Å²) in [4.78, 5) is 36.7. The maximum atomic E-state index is 12.6. The van der Waals surface area contributed by atoms with Gasteiger partial charge in [-0.3, -0.25) is 14.4 Å². The van der Waals surface area contributed by atoms with Crippen molar-refractivity contribution in [2.24, 2.45) is 0 Å². The van der Waals surface area contributed by atoms with Crippen molar-refractivity contribution < 1.29 is 19.5 Å². The van der Waals surface area contributed by atoms with E-state index in [1.807, 2.05) is 32.9 Å². The zero-order valence-corrected chi connectivity index (χ0v) is 14.9. The Kier molecular flexibility index (Phi) is 5.88. The largest absolute Gasteiger partial charge is 0.481 e. The van der Waals surface area contributed by atoms with Crippen LogP contribution < -0.4 is 10.2 Å². The first-order valence-electron chi connectivity index (χ1n) is 7.77. The maximum absolute atomic E-state index is 12.6. The quantitative estimate of drug-likeness (QED) is 0.815. The van der Waals surface area contributed by atoms with E-state index in [4.69, 9.17) is 5.11 Å². The van der Waals surface area contributed by atoms with Crippen LogP contribution in [0.2, 0.25) is 0 Å². The molecule has 1 aliphatic heterocycles. The third kappa shape index (κ3) is 4.29. The zero-order chi connectivity index (χ0) is 17.9. The highest BCUT2D eigenvalue weighted by molar-refractivity contribution is 8.00. The van der Waals surface area contributed by atoms with Gasteiger partial charge in [-0.1, -0.05) is 17.7 Å². The van der Waals surface area contributed by atoms with Gasteiger partial charge in [0, 0.05) is 12.2 Å². The summed E-state index contributed by atoms with van der Waals surface area (Å²) in [6, 6.07) is 3.55. The zero-order valence-electron chi connectivity index (χ0n) is 14.1. The number of aryl methyl sites for hydroxylation is 3. The first-order valence-corrected chi connectivity index (χ1v) is 8.93. The Morgan fingerprint density at radius 3 is 2.46 bits per heavy atom. The molecule has 24 heavy (non-hydrogen) atoms. The minimum atomic E-state index is -0.957. The van der Waals surface area contributed by atoms with Crippen molar-refractivity contribution in [3.8, 4) is 0 Å². The van der Waals surface area contributed by atoms with E-state index < -0.39 is 12.0 Å². The SMILES string of the molecule is Cc1cc(C)c(N2CCC(NC(=O)CSCC(=O)O)C2=O)c(C)c1. The normalized spacial score (nSPS) is 17.2. The fourth-order valence-corrected chi connectivity index (χ4v) is 3.65. The van der Waals surface area contributed by atoms with Crippen molar-refractivity contribution >= 4 is 35.2 Å². The Balaban J connectivity index is 2.00. The smallest absolute Gasteiger partial charge is 0.313 e. The predicted molar refractivity (Wildman–Crippen MR) is 94.5 cm³/mol. The van der Waals surface area contributed by atoms with Crippen LogP contribution in [0.3, 0.4) is 0 Å². The number of nitrogens with one attached hydrogen (secondary N) is 1. The van der Waals surface area contributed by atoms with Crippen LogP contribution in [0.1, 0.15) is 23.1 Å². The molecule has 1 saturated heterocycles. The number of thioether (sulfide) groups is 1. The summed E-state index contributed by atoms with van der Waals surface area (Å²) in [5.41, 5.74) is 4.16. The average Bonchev–Trinajstić information content (AvgIpc) is 2.79. The van der Waals surface area contributed by atoms with Gasteiger partial charge in [-0.25, -0.2) is 0 Å². The Morgan fingerprint density at radius 1 is 1.25 bits per heavy atom. The van der Waals surface area contributed by atoms with Gasteiger partial charge in [-0.05, 0) is 38.3 Å². The molecular formula is C17H22N2O4S. The van der Waals surface area contributed by atoms with Crippen LogP contribution in [0, 0.1) is 20.8 Å². The molecule has 130 valence electrons. The number of amides is 2. The molecule has 1 aliphatic rings. The molecule has 1 aromatic rings. The number of anilines is 1. The molecule has 0 aromatic heterocycles. The number of carboxylic acid groups (broad SMARTS) is 1. The minimum Gasteiger partial charge on any atom is -0.481 e. The topological polar surface area (TPSA) is 86.7 Å². The number of carboxylic acids is 1. The molecule has 2 amide bonds. The highest BCUT2D eigenvalue weighted by Crippen LogP contribution is 2.30. The van der Waals surface area contributed by atoms with E-state index in [-0.39, 0.29) is 23.3 Å². The second-order valence-corrected chi connectivity index (χ2v) is 7.02. The van der Waals surface area contributed by atoms with Gasteiger partial charge in [0.25, 0.3) is 0 Å². The summed E-state index contributed by atoms with van der Waals surface area (Å²) in [5.74, 6) is -1.46. The second kappa shape index (κ2) is 7.70. The number of benzene rings is 1. The van der Waals surface area contributed by atoms with Crippen molar-refractivity contribution in [1.82, 2.24) is 5.32 Å². The number of carbonyl (C=O) groups excluding carboxylic acids is 2. The highest BCUT2D eigenvalue weighted by atomic mass is 32.2. The fourth-order valence-electron chi connectivity index (χ4n) is 3.10. The Morgan fingerprint density at radius 2 is 1.88 bits per heavy atom. The average molecular weight is 350 g/mol. The van der Waals surface area contributed by atoms with Crippen LogP contribution in [0.4, 0.5) is 5.69 Å². The van der Waals surface area contributed by atoms with Crippen LogP contribution >= 0.6 is 11.8 Å². The van der Waals surface area contributed by atoms with Crippen molar-refractivity contribution in [3.05, 3.63) is 28.8 Å². The summed E-state index contributed by atoms with van der Waals surface area (Å²) in [7, 11) is 0. The lowest BCUT2D eigenvalue weighted by Crippen LogP contribution is -2.42. The van der Waals surface area contributed by atoms with Gasteiger partial charge in [-0.2, -0.15) is 0 Å². The third-order valence-corrected chi connectivity index (χ3v) is 4.82. The van der Waals surface area contributed by atoms with Crippen LogP contribution in [0.15, 0.2) is 12.1 Å². The minimum absolute atomic E-state index is 0.0403. The van der Waals surface area contributed by atoms with E-state index in [1.54, 1.807) is 4.90 Å². The molecule has 1 heterocycles. The molecule has 1 fully saturated rings. The summed E-state index contributed by atoms with van der Waals surface area (Å²) in [6.07, 6.45) is 0.556. The van der Waals surface area contributed by atoms with Crippen LogP contribution in [-0.2, 0) is 14.4 Å². The molecule has 1 aromatic carbocycles. The van der Waals surface area contributed by atoms with E-state index in [2.05, 4.69) is 5.32 Å². The Bertz CT molecular complexity index is 652. The molecule has 6 nitrogen and oxygen atoms in total. The van der Waals surface area contributed by atoms with E-state index >= 15 is 0 Å². The third-order valence-electron chi connectivity index (χ3n) is 3.90. The van der Waals surface area contributed by atoms with E-state index in [0.717, 1.165) is 34.1 Å². The van der Waals surface area contributed by atoms with Crippen molar-refractivity contribution in [2.45, 2.75) is 33.2 Å². The number of aliphatic carboxylic acids is 1. The molecule has 0 saturated carbocycles. The Hall–Kier alpha value is -2.02. The monoisotopic (exact) mass is 350 g/mol. The number of hydrogen-bond acceptors (Lipinski definition) is 4. The number of hydrogen-bond donors (Lipinski definition) is 2. The molecule has 1 unspecified atom stereocenters. The van der Waals surface area contributed by atoms with Crippen LogP contribution in [0.5, 0.6) is 0 Å². The fraction of sp³-hybridized carbons (Fsp3) is 0.471. The van der Waals surface area contributed by atoms with E-state index in [0.29, 0.717) is 13.0 Å². The van der Waals surface area contributed by atoms with E-state index in [1.165, 1.54) is 0 Å². The summed E-state index contributed by atoms with van der Waals surface area (Å²) >= 11 is 1.02. The Labute approximate surface area is 145 Å². The van der Waals surface area contributed by atoms with Gasteiger partial charge in [0.05, 0.1) is 11.5 Å². The van der Waals surface area contributed by atoms with Gasteiger partial charge in [0.15, 0.2) is 0 Å². The number of carbonyl (C=O) groups is 3. The standard InChI is InChI=1S/C17H22N2O4S/c1-10-6-11(2)16(12(3)7-10)19-5-4-13(17(19)23)18-14(20)8-24-9-15(21)22/h6-7,13H,4-5,8-9H2,1-3H3,(H,18,20)(H,21,22). The lowest BCUT2D eigenvalue weighted by molar-refractivity contribution is -0.133. The van der Waals surface area contributed by atoms with Gasteiger partial charge in [0.1, 0.15) is 6.04 Å². The lowest BCUT2D eigenvalue weighted by Gasteiger charge is -2.22. The van der Waals surface area contributed by atoms with Gasteiger partial charge >= 0.3 is 5.97 Å². The highest BCUT2D eigenvalue weighted by Gasteiger charge is 2.34. The summed E-state index contributed by atoms with van der Waals surface area (Å²) in [5, 5.41) is 11.3. The molecule has 0 bridgehead atoms. The molecule has 7 heteroatoms. The lowest BCUT2D eigenvalue weighted by atomic mass is 10.0. The number of nitrogens with zero attached hydrogens (tertiary/aromatic N) is 1. The van der Waals surface area contributed by atoms with Crippen molar-refractivity contribution in [1.29, 1.82) is 0 Å². The molecule has 1 atom stereocenters. The number of rotatable bonds is 6. The van der Waals surface area contributed by atoms with Crippen LogP contribution in [-0.4, -0.2) is 47.0 Å². The summed E-state index contributed by atoms with van der Waals surface area (Å²) in [6.45, 7) is 6.55. The molecule has 2 rings (SSSR count). The second-order valence-electron chi connectivity index (χ2n) is 6.03. The van der Waals surface area contributed by atoms with Crippen molar-refractivity contribution in [3.63, 3.8) is 0 Å². The molecule has 0 spiro atoms. The predicted octanol–water partition coefficient (Wildman–Crippen LogP) is 1.65. The van der Waals surface area contributed by atoms with Gasteiger partial charge < -0.3 is 15.3 Å². The summed E-state index contributed by atoms with van der Waals surface area (Å²) < 4.78 is 0. The molecule has 0 radical (unpaired) electrons. The molecular weight excluding hydrogens is 328 g/mol. The van der Waals surface area contributed by atoms with Gasteiger partial charge in [-0.15, -0.1) is 11.8 Å². The molecule has 2 N–H and O–H groups in total. The maximum Gasteiger partial charge on any atom is 0.313 e. The first kappa shape index (κ1) is 18.3. The molecule has 0 aliphatic carbocycles. The van der Waals surface area contributed by atoms with Crippen molar-refractivity contribution in [2.75, 3.05) is 23.0 Å². The van der Waals surface area contributed by atoms with E-state index in [9.17, 15) is 14.4 Å². The van der Waals surface area contributed by atoms with Crippen LogP contribution in [0.25, 0.3) is 0 Å².